The molecule has 1 aromatic heterocycles. The molecule has 0 saturated carbocycles. The van der Waals surface area contributed by atoms with Crippen LogP contribution in [0.5, 0.6) is 5.88 Å². The maximum Gasteiger partial charge on any atom is 0.253 e. The smallest absolute Gasteiger partial charge is 0.253 e. The van der Waals surface area contributed by atoms with Crippen molar-refractivity contribution in [2.24, 2.45) is 0 Å². The Balaban J connectivity index is 2.47. The lowest BCUT2D eigenvalue weighted by atomic mass is 10.2. The second-order valence-corrected chi connectivity index (χ2v) is 3.99. The second kappa shape index (κ2) is 6.58. The fourth-order valence-electron chi connectivity index (χ4n) is 1.27. The maximum absolute atomic E-state index is 11.7. The number of methoxy groups -OCH3 is 1. The van der Waals surface area contributed by atoms with Gasteiger partial charge < -0.3 is 15.4 Å². The Hall–Kier alpha value is -2.11. The van der Waals surface area contributed by atoms with Crippen molar-refractivity contribution < 1.29 is 14.3 Å². The molecule has 0 radical (unpaired) electrons. The molecule has 0 atom stereocenters. The summed E-state index contributed by atoms with van der Waals surface area (Å²) in [6, 6.07) is 3.22. The van der Waals surface area contributed by atoms with Crippen LogP contribution < -0.4 is 15.4 Å². The van der Waals surface area contributed by atoms with Gasteiger partial charge in [-0.05, 0) is 19.9 Å². The third-order valence-electron chi connectivity index (χ3n) is 2.07. The minimum absolute atomic E-state index is 0.0525. The van der Waals surface area contributed by atoms with Crippen molar-refractivity contribution in [3.63, 3.8) is 0 Å². The van der Waals surface area contributed by atoms with Gasteiger partial charge in [0.05, 0.1) is 19.2 Å². The quantitative estimate of drug-likeness (QED) is 0.791. The molecule has 1 aromatic rings. The molecule has 0 aromatic carbocycles. The van der Waals surface area contributed by atoms with E-state index < -0.39 is 0 Å². The summed E-state index contributed by atoms with van der Waals surface area (Å²) in [6.45, 7) is 3.66. The lowest BCUT2D eigenvalue weighted by Gasteiger charge is -2.09. The van der Waals surface area contributed by atoms with Gasteiger partial charge in [0, 0.05) is 18.3 Å². The molecular formula is C12H17N3O3. The lowest BCUT2D eigenvalue weighted by Crippen LogP contribution is -2.39. The first kappa shape index (κ1) is 14.0. The zero-order valence-electron chi connectivity index (χ0n) is 10.7. The van der Waals surface area contributed by atoms with E-state index in [1.807, 2.05) is 13.8 Å². The standard InChI is InChI=1S/C12H17N3O3/c1-8(2)15-10(16)7-14-12(17)9-4-5-11(18-3)13-6-9/h4-6,8H,7H2,1-3H3,(H,14,17)(H,15,16). The second-order valence-electron chi connectivity index (χ2n) is 3.99. The van der Waals surface area contributed by atoms with Gasteiger partial charge in [-0.25, -0.2) is 4.98 Å². The summed E-state index contributed by atoms with van der Waals surface area (Å²) in [5.74, 6) is -0.131. The Morgan fingerprint density at radius 3 is 2.61 bits per heavy atom. The van der Waals surface area contributed by atoms with Crippen LogP contribution in [0.2, 0.25) is 0 Å². The molecule has 0 aliphatic rings. The molecule has 0 saturated heterocycles. The number of hydrogen-bond acceptors (Lipinski definition) is 4. The first-order valence-electron chi connectivity index (χ1n) is 5.60. The molecule has 2 N–H and O–H groups in total. The minimum Gasteiger partial charge on any atom is -0.481 e. The summed E-state index contributed by atoms with van der Waals surface area (Å²) >= 11 is 0. The normalized spacial score (nSPS) is 10.0. The highest BCUT2D eigenvalue weighted by atomic mass is 16.5. The lowest BCUT2D eigenvalue weighted by molar-refractivity contribution is -0.120. The summed E-state index contributed by atoms with van der Waals surface area (Å²) in [6.07, 6.45) is 1.40. The summed E-state index contributed by atoms with van der Waals surface area (Å²) < 4.78 is 4.88. The van der Waals surface area contributed by atoms with E-state index in [2.05, 4.69) is 15.6 Å². The Morgan fingerprint density at radius 1 is 1.39 bits per heavy atom. The predicted molar refractivity (Wildman–Crippen MR) is 66.4 cm³/mol. The van der Waals surface area contributed by atoms with E-state index >= 15 is 0 Å². The van der Waals surface area contributed by atoms with Crippen molar-refractivity contribution in [3.05, 3.63) is 23.9 Å². The van der Waals surface area contributed by atoms with E-state index in [0.29, 0.717) is 11.4 Å². The fraction of sp³-hybridized carbons (Fsp3) is 0.417. The van der Waals surface area contributed by atoms with E-state index in [1.165, 1.54) is 13.3 Å². The van der Waals surface area contributed by atoms with E-state index in [4.69, 9.17) is 4.74 Å². The van der Waals surface area contributed by atoms with Gasteiger partial charge in [0.15, 0.2) is 0 Å². The number of aromatic nitrogens is 1. The SMILES string of the molecule is COc1ccc(C(=O)NCC(=O)NC(C)C)cn1. The van der Waals surface area contributed by atoms with Gasteiger partial charge in [0.25, 0.3) is 5.91 Å². The van der Waals surface area contributed by atoms with E-state index in [0.717, 1.165) is 0 Å². The number of pyridine rings is 1. The Labute approximate surface area is 106 Å². The third kappa shape index (κ3) is 4.40. The number of ether oxygens (including phenoxy) is 1. The molecule has 0 fully saturated rings. The van der Waals surface area contributed by atoms with Crippen molar-refractivity contribution in [2.45, 2.75) is 19.9 Å². The van der Waals surface area contributed by atoms with Gasteiger partial charge in [0.2, 0.25) is 11.8 Å². The van der Waals surface area contributed by atoms with Crippen LogP contribution >= 0.6 is 0 Å². The summed E-state index contributed by atoms with van der Waals surface area (Å²) in [7, 11) is 1.50. The molecule has 18 heavy (non-hydrogen) atoms. The monoisotopic (exact) mass is 251 g/mol. The molecule has 2 amide bonds. The largest absolute Gasteiger partial charge is 0.481 e. The number of rotatable bonds is 5. The molecule has 6 heteroatoms. The number of amides is 2. The van der Waals surface area contributed by atoms with Crippen molar-refractivity contribution in [3.8, 4) is 5.88 Å². The summed E-state index contributed by atoms with van der Waals surface area (Å²) in [5.41, 5.74) is 0.383. The molecule has 0 spiro atoms. The highest BCUT2D eigenvalue weighted by Crippen LogP contribution is 2.06. The van der Waals surface area contributed by atoms with Gasteiger partial charge in [-0.1, -0.05) is 0 Å². The third-order valence-corrected chi connectivity index (χ3v) is 2.07. The molecule has 0 aliphatic carbocycles. The first-order valence-corrected chi connectivity index (χ1v) is 5.60. The molecule has 0 aliphatic heterocycles. The van der Waals surface area contributed by atoms with Crippen molar-refractivity contribution in [1.29, 1.82) is 0 Å². The zero-order chi connectivity index (χ0) is 13.5. The number of nitrogens with one attached hydrogen (secondary N) is 2. The van der Waals surface area contributed by atoms with Gasteiger partial charge in [0.1, 0.15) is 0 Å². The average Bonchev–Trinajstić information content (AvgIpc) is 2.35. The Morgan fingerprint density at radius 2 is 2.11 bits per heavy atom. The van der Waals surface area contributed by atoms with Crippen LogP contribution in [0.4, 0.5) is 0 Å². The molecule has 1 rings (SSSR count). The molecule has 0 bridgehead atoms. The van der Waals surface area contributed by atoms with Crippen LogP contribution in [0.15, 0.2) is 18.3 Å². The Kier molecular flexibility index (Phi) is 5.10. The molecule has 1 heterocycles. The van der Waals surface area contributed by atoms with Crippen molar-refractivity contribution >= 4 is 11.8 Å². The topological polar surface area (TPSA) is 80.3 Å². The van der Waals surface area contributed by atoms with Crippen molar-refractivity contribution in [1.82, 2.24) is 15.6 Å². The molecule has 98 valence electrons. The molecular weight excluding hydrogens is 234 g/mol. The van der Waals surface area contributed by atoms with E-state index in [1.54, 1.807) is 12.1 Å². The van der Waals surface area contributed by atoms with Gasteiger partial charge in [-0.3, -0.25) is 9.59 Å². The number of carbonyl (C=O) groups excluding carboxylic acids is 2. The van der Waals surface area contributed by atoms with Gasteiger partial charge in [-0.15, -0.1) is 0 Å². The molecule has 0 unspecified atom stereocenters. The van der Waals surface area contributed by atoms with Crippen LogP contribution in [0, 0.1) is 0 Å². The Bertz CT molecular complexity index is 415. The van der Waals surface area contributed by atoms with E-state index in [-0.39, 0.29) is 24.4 Å². The van der Waals surface area contributed by atoms with E-state index in [9.17, 15) is 9.59 Å². The maximum atomic E-state index is 11.7. The van der Waals surface area contributed by atoms with Crippen LogP contribution in [0.1, 0.15) is 24.2 Å². The van der Waals surface area contributed by atoms with Gasteiger partial charge >= 0.3 is 0 Å². The highest BCUT2D eigenvalue weighted by Gasteiger charge is 2.09. The molecule has 6 nitrogen and oxygen atoms in total. The number of nitrogens with zero attached hydrogens (tertiary/aromatic N) is 1. The summed E-state index contributed by atoms with van der Waals surface area (Å²) in [4.78, 5) is 26.9. The predicted octanol–water partition coefficient (Wildman–Crippen LogP) is 0.345. The first-order chi connectivity index (χ1) is 8.52. The van der Waals surface area contributed by atoms with Crippen LogP contribution in [0.25, 0.3) is 0 Å². The van der Waals surface area contributed by atoms with Crippen LogP contribution in [0.3, 0.4) is 0 Å². The van der Waals surface area contributed by atoms with Crippen LogP contribution in [-0.4, -0.2) is 36.5 Å². The number of carbonyl (C=O) groups is 2. The average molecular weight is 251 g/mol. The fourth-order valence-corrected chi connectivity index (χ4v) is 1.27. The van der Waals surface area contributed by atoms with Crippen molar-refractivity contribution in [2.75, 3.05) is 13.7 Å². The zero-order valence-corrected chi connectivity index (χ0v) is 10.7. The van der Waals surface area contributed by atoms with Crippen LogP contribution in [-0.2, 0) is 4.79 Å². The van der Waals surface area contributed by atoms with Gasteiger partial charge in [-0.2, -0.15) is 0 Å². The number of hydrogen-bond donors (Lipinski definition) is 2. The minimum atomic E-state index is -0.343. The highest BCUT2D eigenvalue weighted by molar-refractivity contribution is 5.96. The summed E-state index contributed by atoms with van der Waals surface area (Å²) in [5, 5.41) is 5.19.